The van der Waals surface area contributed by atoms with Crippen molar-refractivity contribution in [3.63, 3.8) is 0 Å². The molecule has 2 heterocycles. The summed E-state index contributed by atoms with van der Waals surface area (Å²) >= 11 is 0. The van der Waals surface area contributed by atoms with E-state index in [9.17, 15) is 4.79 Å². The van der Waals surface area contributed by atoms with Crippen LogP contribution in [-0.2, 0) is 6.54 Å². The predicted molar refractivity (Wildman–Crippen MR) is 98.5 cm³/mol. The van der Waals surface area contributed by atoms with Gasteiger partial charge in [-0.3, -0.25) is 4.79 Å². The van der Waals surface area contributed by atoms with Gasteiger partial charge in [-0.1, -0.05) is 37.3 Å². The van der Waals surface area contributed by atoms with Crippen molar-refractivity contribution in [2.75, 3.05) is 7.05 Å². The van der Waals surface area contributed by atoms with Gasteiger partial charge in [0.05, 0.1) is 12.1 Å². The van der Waals surface area contributed by atoms with Crippen LogP contribution in [0, 0.1) is 5.92 Å². The van der Waals surface area contributed by atoms with Crippen molar-refractivity contribution >= 4 is 5.91 Å². The molecule has 1 saturated carbocycles. The lowest BCUT2D eigenvalue weighted by Gasteiger charge is -2.15. The van der Waals surface area contributed by atoms with Gasteiger partial charge in [0.1, 0.15) is 11.5 Å². The molecule has 0 radical (unpaired) electrons. The van der Waals surface area contributed by atoms with Crippen molar-refractivity contribution in [2.45, 2.75) is 25.8 Å². The van der Waals surface area contributed by atoms with Gasteiger partial charge in [-0.05, 0) is 24.5 Å². The van der Waals surface area contributed by atoms with E-state index >= 15 is 0 Å². The first kappa shape index (κ1) is 16.5. The summed E-state index contributed by atoms with van der Waals surface area (Å²) in [5.74, 6) is 3.57. The molecule has 2 unspecified atom stereocenters. The monoisotopic (exact) mass is 347 g/mol. The Morgan fingerprint density at radius 2 is 1.85 bits per heavy atom. The van der Waals surface area contributed by atoms with E-state index in [1.54, 1.807) is 24.3 Å². The molecule has 1 amide bonds. The molecular weight excluding hydrogens is 326 g/mol. The average Bonchev–Trinajstić information content (AvgIpc) is 3.23. The zero-order valence-electron chi connectivity index (χ0n) is 14.9. The third-order valence-electron chi connectivity index (χ3n) is 4.83. The van der Waals surface area contributed by atoms with Crippen LogP contribution in [0.4, 0.5) is 0 Å². The summed E-state index contributed by atoms with van der Waals surface area (Å²) in [7, 11) is 1.76. The third kappa shape index (κ3) is 3.38. The van der Waals surface area contributed by atoms with E-state index in [1.807, 2.05) is 42.5 Å². The summed E-state index contributed by atoms with van der Waals surface area (Å²) in [6.45, 7) is 2.65. The molecule has 1 aliphatic rings. The van der Waals surface area contributed by atoms with Crippen molar-refractivity contribution in [3.8, 4) is 11.4 Å². The normalized spacial score (nSPS) is 18.5. The Morgan fingerprint density at radius 3 is 2.50 bits per heavy atom. The van der Waals surface area contributed by atoms with Crippen LogP contribution in [0.15, 0.2) is 59.3 Å². The van der Waals surface area contributed by atoms with Gasteiger partial charge < -0.3 is 9.32 Å². The minimum absolute atomic E-state index is 0.123. The number of carbonyl (C=O) groups excluding carboxylic acids is 1. The second-order valence-corrected chi connectivity index (χ2v) is 6.95. The standard InChI is InChI=1S/C21H21N3O2/c1-14-10-18(14)19-9-8-17(26-19)13-24(2)21(25)16-11-22-20(23-12-16)15-6-4-3-5-7-15/h3-9,11-12,14,18H,10,13H2,1-2H3. The fraction of sp³-hybridized carbons (Fsp3) is 0.286. The number of nitrogens with zero attached hydrogens (tertiary/aromatic N) is 3. The lowest BCUT2D eigenvalue weighted by molar-refractivity contribution is 0.0774. The predicted octanol–water partition coefficient (Wildman–Crippen LogP) is 4.13. The van der Waals surface area contributed by atoms with E-state index in [4.69, 9.17) is 4.42 Å². The second-order valence-electron chi connectivity index (χ2n) is 6.95. The molecule has 1 fully saturated rings. The van der Waals surface area contributed by atoms with Gasteiger partial charge in [0.25, 0.3) is 5.91 Å². The first-order chi connectivity index (χ1) is 12.6. The summed E-state index contributed by atoms with van der Waals surface area (Å²) in [5.41, 5.74) is 1.40. The van der Waals surface area contributed by atoms with Crippen molar-refractivity contribution in [3.05, 3.63) is 71.9 Å². The minimum Gasteiger partial charge on any atom is -0.464 e. The summed E-state index contributed by atoms with van der Waals surface area (Å²) < 4.78 is 5.89. The molecule has 1 aliphatic carbocycles. The van der Waals surface area contributed by atoms with Gasteiger partial charge in [-0.25, -0.2) is 9.97 Å². The van der Waals surface area contributed by atoms with Crippen molar-refractivity contribution < 1.29 is 9.21 Å². The number of amides is 1. The molecule has 0 N–H and O–H groups in total. The van der Waals surface area contributed by atoms with E-state index in [2.05, 4.69) is 16.9 Å². The molecule has 1 aromatic carbocycles. The number of furan rings is 1. The zero-order valence-corrected chi connectivity index (χ0v) is 14.9. The molecule has 2 aromatic heterocycles. The Kier molecular flexibility index (Phi) is 4.29. The molecule has 2 atom stereocenters. The Labute approximate surface area is 152 Å². The Hall–Kier alpha value is -2.95. The molecular formula is C21H21N3O2. The van der Waals surface area contributed by atoms with Gasteiger partial charge in [-0.2, -0.15) is 0 Å². The topological polar surface area (TPSA) is 59.2 Å². The number of aromatic nitrogens is 2. The number of rotatable bonds is 5. The molecule has 0 saturated heterocycles. The van der Waals surface area contributed by atoms with Crippen LogP contribution in [-0.4, -0.2) is 27.8 Å². The highest BCUT2D eigenvalue weighted by molar-refractivity contribution is 5.93. The summed E-state index contributed by atoms with van der Waals surface area (Å²) in [4.78, 5) is 22.9. The van der Waals surface area contributed by atoms with Crippen LogP contribution >= 0.6 is 0 Å². The maximum absolute atomic E-state index is 12.6. The van der Waals surface area contributed by atoms with Crippen molar-refractivity contribution in [1.29, 1.82) is 0 Å². The highest BCUT2D eigenvalue weighted by Gasteiger charge is 2.36. The Morgan fingerprint density at radius 1 is 1.15 bits per heavy atom. The molecule has 3 aromatic rings. The van der Waals surface area contributed by atoms with Crippen LogP contribution in [0.2, 0.25) is 0 Å². The smallest absolute Gasteiger partial charge is 0.257 e. The van der Waals surface area contributed by atoms with E-state index in [0.29, 0.717) is 29.8 Å². The van der Waals surface area contributed by atoms with Gasteiger partial charge >= 0.3 is 0 Å². The third-order valence-corrected chi connectivity index (χ3v) is 4.83. The number of hydrogen-bond donors (Lipinski definition) is 0. The van der Waals surface area contributed by atoms with Gasteiger partial charge in [-0.15, -0.1) is 0 Å². The Bertz CT molecular complexity index is 903. The molecule has 26 heavy (non-hydrogen) atoms. The number of benzene rings is 1. The maximum Gasteiger partial charge on any atom is 0.257 e. The van der Waals surface area contributed by atoms with Gasteiger partial charge in [0, 0.05) is 30.9 Å². The quantitative estimate of drug-likeness (QED) is 0.696. The van der Waals surface area contributed by atoms with E-state index < -0.39 is 0 Å². The fourth-order valence-corrected chi connectivity index (χ4v) is 3.10. The van der Waals surface area contributed by atoms with Crippen LogP contribution in [0.5, 0.6) is 0 Å². The number of hydrogen-bond acceptors (Lipinski definition) is 4. The molecule has 132 valence electrons. The molecule has 5 nitrogen and oxygen atoms in total. The largest absolute Gasteiger partial charge is 0.464 e. The van der Waals surface area contributed by atoms with Gasteiger partial charge in [0.2, 0.25) is 0 Å². The van der Waals surface area contributed by atoms with Crippen LogP contribution in [0.25, 0.3) is 11.4 Å². The lowest BCUT2D eigenvalue weighted by atomic mass is 10.2. The van der Waals surface area contributed by atoms with E-state index in [-0.39, 0.29) is 5.91 Å². The highest BCUT2D eigenvalue weighted by Crippen LogP contribution is 2.47. The fourth-order valence-electron chi connectivity index (χ4n) is 3.10. The average molecular weight is 347 g/mol. The van der Waals surface area contributed by atoms with Gasteiger partial charge in [0.15, 0.2) is 5.82 Å². The highest BCUT2D eigenvalue weighted by atomic mass is 16.3. The minimum atomic E-state index is -0.123. The van der Waals surface area contributed by atoms with Crippen LogP contribution < -0.4 is 0 Å². The maximum atomic E-state index is 12.6. The van der Waals surface area contributed by atoms with E-state index in [1.165, 1.54) is 6.42 Å². The summed E-state index contributed by atoms with van der Waals surface area (Å²) in [5, 5.41) is 0. The number of carbonyl (C=O) groups is 1. The summed E-state index contributed by atoms with van der Waals surface area (Å²) in [6.07, 6.45) is 4.34. The van der Waals surface area contributed by atoms with Crippen molar-refractivity contribution in [2.24, 2.45) is 5.92 Å². The van der Waals surface area contributed by atoms with Crippen LogP contribution in [0.3, 0.4) is 0 Å². The van der Waals surface area contributed by atoms with Crippen molar-refractivity contribution in [1.82, 2.24) is 14.9 Å². The molecule has 0 bridgehead atoms. The molecule has 4 rings (SSSR count). The molecule has 0 aliphatic heterocycles. The van der Waals surface area contributed by atoms with E-state index in [0.717, 1.165) is 17.1 Å². The van der Waals surface area contributed by atoms with Crippen LogP contribution in [0.1, 0.15) is 41.1 Å². The summed E-state index contributed by atoms with van der Waals surface area (Å²) in [6, 6.07) is 13.7. The Balaban J connectivity index is 1.42. The molecule has 0 spiro atoms. The lowest BCUT2D eigenvalue weighted by Crippen LogP contribution is -2.26. The zero-order chi connectivity index (χ0) is 18.1. The first-order valence-electron chi connectivity index (χ1n) is 8.83. The second kappa shape index (κ2) is 6.75. The molecule has 5 heteroatoms. The SMILES string of the molecule is CC1CC1c1ccc(CN(C)C(=O)c2cnc(-c3ccccc3)nc2)o1. The first-order valence-corrected chi connectivity index (χ1v) is 8.83.